The molecule has 4 aromatic rings. The number of morpholine rings is 1. The lowest BCUT2D eigenvalue weighted by molar-refractivity contribution is -0.928. The molecule has 0 amide bonds. The zero-order chi connectivity index (χ0) is 25.6. The summed E-state index contributed by atoms with van der Waals surface area (Å²) in [6.07, 6.45) is -5.11. The number of fused-ring (bicyclic) bond motifs is 2. The molecule has 0 radical (unpaired) electrons. The molecule has 6 nitrogen and oxygen atoms in total. The Labute approximate surface area is 204 Å². The van der Waals surface area contributed by atoms with Gasteiger partial charge in [0, 0.05) is 0 Å². The zero-order valence-electron chi connectivity index (χ0n) is 19.7. The van der Waals surface area contributed by atoms with E-state index in [1.165, 1.54) is 18.2 Å². The van der Waals surface area contributed by atoms with Crippen molar-refractivity contribution in [1.82, 2.24) is 0 Å². The number of alkyl halides is 3. The van der Waals surface area contributed by atoms with Crippen molar-refractivity contribution in [2.24, 2.45) is 0 Å². The minimum absolute atomic E-state index is 0.0550. The highest BCUT2D eigenvalue weighted by atomic mass is 19.4. The lowest BCUT2D eigenvalue weighted by Gasteiger charge is -2.32. The van der Waals surface area contributed by atoms with Crippen LogP contribution in [-0.4, -0.2) is 30.4 Å². The van der Waals surface area contributed by atoms with E-state index in [-0.39, 0.29) is 46.8 Å². The topological polar surface area (TPSA) is 73.3 Å². The molecule has 5 rings (SSSR count). The molecule has 2 heterocycles. The molecule has 0 unspecified atom stereocenters. The number of quaternary nitrogens is 1. The van der Waals surface area contributed by atoms with Gasteiger partial charge in [0.1, 0.15) is 43.3 Å². The van der Waals surface area contributed by atoms with Crippen molar-refractivity contribution in [3.05, 3.63) is 76.1 Å². The van der Waals surface area contributed by atoms with Gasteiger partial charge in [-0.05, 0) is 48.9 Å². The fourth-order valence-corrected chi connectivity index (χ4v) is 4.87. The van der Waals surface area contributed by atoms with E-state index in [4.69, 9.17) is 13.9 Å². The molecule has 1 fully saturated rings. The van der Waals surface area contributed by atoms with Gasteiger partial charge in [-0.1, -0.05) is 30.3 Å². The second-order valence-electron chi connectivity index (χ2n) is 9.23. The van der Waals surface area contributed by atoms with Crippen LogP contribution in [0, 0.1) is 0 Å². The van der Waals surface area contributed by atoms with Gasteiger partial charge < -0.3 is 23.9 Å². The van der Waals surface area contributed by atoms with Crippen LogP contribution in [0.3, 0.4) is 0 Å². The van der Waals surface area contributed by atoms with Crippen LogP contribution in [0.25, 0.3) is 21.7 Å². The summed E-state index contributed by atoms with van der Waals surface area (Å²) >= 11 is 0. The van der Waals surface area contributed by atoms with Crippen LogP contribution in [0.15, 0.2) is 63.8 Å². The molecule has 188 valence electrons. The number of hydrogen-bond acceptors (Lipinski definition) is 5. The smallest absolute Gasteiger partial charge is 0.453 e. The maximum Gasteiger partial charge on any atom is 0.453 e. The van der Waals surface area contributed by atoms with Gasteiger partial charge in [-0.25, -0.2) is 0 Å². The van der Waals surface area contributed by atoms with Crippen LogP contribution in [0.2, 0.25) is 0 Å². The quantitative estimate of drug-likeness (QED) is 0.427. The first-order valence-electron chi connectivity index (χ1n) is 11.6. The molecular weight excluding hydrogens is 475 g/mol. The van der Waals surface area contributed by atoms with E-state index in [1.54, 1.807) is 24.3 Å². The summed E-state index contributed by atoms with van der Waals surface area (Å²) in [5.74, 6) is -2.64. The molecule has 0 saturated carbocycles. The molecule has 0 spiro atoms. The van der Waals surface area contributed by atoms with E-state index in [1.807, 2.05) is 26.0 Å². The Hall–Kier alpha value is -3.56. The Kier molecular flexibility index (Phi) is 6.13. The average Bonchev–Trinajstić information content (AvgIpc) is 2.81. The Morgan fingerprint density at radius 3 is 2.42 bits per heavy atom. The van der Waals surface area contributed by atoms with Crippen molar-refractivity contribution in [3.8, 4) is 17.2 Å². The summed E-state index contributed by atoms with van der Waals surface area (Å²) in [6.45, 7) is 5.19. The predicted octanol–water partition coefficient (Wildman–Crippen LogP) is 4.66. The van der Waals surface area contributed by atoms with Gasteiger partial charge in [-0.2, -0.15) is 13.2 Å². The van der Waals surface area contributed by atoms with Gasteiger partial charge in [0.25, 0.3) is 5.76 Å². The van der Waals surface area contributed by atoms with Crippen molar-refractivity contribution < 1.29 is 37.1 Å². The Morgan fingerprint density at radius 2 is 1.72 bits per heavy atom. The highest BCUT2D eigenvalue weighted by Gasteiger charge is 2.41. The molecule has 3 aromatic carbocycles. The highest BCUT2D eigenvalue weighted by molar-refractivity contribution is 5.85. The normalized spacial score (nSPS) is 20.6. The summed E-state index contributed by atoms with van der Waals surface area (Å²) in [5.41, 5.74) is -1.11. The van der Waals surface area contributed by atoms with Crippen molar-refractivity contribution >= 4 is 21.7 Å². The molecular formula is C27H25F3NO5+. The second kappa shape index (κ2) is 9.15. The number of phenolic OH excluding ortho intramolecular Hbond substituents is 1. The van der Waals surface area contributed by atoms with Crippen LogP contribution >= 0.6 is 0 Å². The molecule has 9 heteroatoms. The van der Waals surface area contributed by atoms with Crippen LogP contribution in [0.1, 0.15) is 25.2 Å². The fraction of sp³-hybridized carbons (Fsp3) is 0.296. The first-order chi connectivity index (χ1) is 17.1. The van der Waals surface area contributed by atoms with Crippen molar-refractivity contribution in [1.29, 1.82) is 0 Å². The third-order valence-electron chi connectivity index (χ3n) is 6.34. The number of halogens is 3. The predicted molar refractivity (Wildman–Crippen MR) is 128 cm³/mol. The van der Waals surface area contributed by atoms with E-state index < -0.39 is 23.1 Å². The highest BCUT2D eigenvalue weighted by Crippen LogP contribution is 2.40. The number of ether oxygens (including phenoxy) is 2. The van der Waals surface area contributed by atoms with E-state index in [9.17, 15) is 23.1 Å². The summed E-state index contributed by atoms with van der Waals surface area (Å²) in [5, 5.41) is 12.1. The van der Waals surface area contributed by atoms with Gasteiger partial charge in [0.2, 0.25) is 11.2 Å². The van der Waals surface area contributed by atoms with Crippen molar-refractivity contribution in [2.75, 3.05) is 13.1 Å². The monoisotopic (exact) mass is 500 g/mol. The first kappa shape index (κ1) is 24.1. The number of nitrogens with one attached hydrogen (secondary N) is 1. The van der Waals surface area contributed by atoms with Crippen LogP contribution in [-0.2, 0) is 17.5 Å². The SMILES string of the molecule is C[C@@H]1C[NH+](Cc2c(O)ccc3c(=O)c(Oc4ccc5ccccc5c4)c(C(F)(F)F)oc23)C[C@@H](C)O1. The molecule has 0 aliphatic carbocycles. The minimum atomic E-state index is -5.00. The maximum atomic E-state index is 14.1. The molecule has 1 saturated heterocycles. The van der Waals surface area contributed by atoms with Crippen molar-refractivity contribution in [2.45, 2.75) is 38.8 Å². The Bertz CT molecular complexity index is 1490. The molecule has 2 N–H and O–H groups in total. The van der Waals surface area contributed by atoms with E-state index in [0.717, 1.165) is 15.7 Å². The molecule has 2 atom stereocenters. The third-order valence-corrected chi connectivity index (χ3v) is 6.34. The lowest BCUT2D eigenvalue weighted by atomic mass is 10.1. The molecule has 1 aliphatic rings. The summed E-state index contributed by atoms with van der Waals surface area (Å²) in [7, 11) is 0. The molecule has 0 bridgehead atoms. The molecule has 1 aliphatic heterocycles. The number of aromatic hydroxyl groups is 1. The number of phenols is 1. The number of hydrogen-bond donors (Lipinski definition) is 2. The van der Waals surface area contributed by atoms with Gasteiger partial charge in [0.15, 0.2) is 5.58 Å². The zero-order valence-corrected chi connectivity index (χ0v) is 19.7. The first-order valence-corrected chi connectivity index (χ1v) is 11.6. The fourth-order valence-electron chi connectivity index (χ4n) is 4.87. The van der Waals surface area contributed by atoms with Gasteiger partial charge in [-0.15, -0.1) is 0 Å². The molecule has 36 heavy (non-hydrogen) atoms. The number of benzene rings is 3. The van der Waals surface area contributed by atoms with Gasteiger partial charge >= 0.3 is 6.18 Å². The van der Waals surface area contributed by atoms with Crippen LogP contribution in [0.5, 0.6) is 17.2 Å². The second-order valence-corrected chi connectivity index (χ2v) is 9.23. The minimum Gasteiger partial charge on any atom is -0.507 e. The third kappa shape index (κ3) is 4.64. The van der Waals surface area contributed by atoms with Gasteiger partial charge in [-0.3, -0.25) is 4.79 Å². The standard InChI is InChI=1S/C27H24F3NO5/c1-15-12-31(13-16(2)34-15)14-21-22(32)10-9-20-23(33)25(26(27(28,29)30)36-24(20)21)35-19-8-7-17-5-3-4-6-18(17)11-19/h3-11,15-16,32H,12-14H2,1-2H3/p+1/t15-,16-/m1/s1. The largest absolute Gasteiger partial charge is 0.507 e. The number of rotatable bonds is 4. The van der Waals surface area contributed by atoms with E-state index in [2.05, 4.69) is 0 Å². The van der Waals surface area contributed by atoms with Crippen LogP contribution in [0.4, 0.5) is 13.2 Å². The lowest BCUT2D eigenvalue weighted by Crippen LogP contribution is -3.14. The van der Waals surface area contributed by atoms with Crippen LogP contribution < -0.4 is 15.1 Å². The average molecular weight is 500 g/mol. The Balaban J connectivity index is 1.62. The summed E-state index contributed by atoms with van der Waals surface area (Å²) < 4.78 is 58.9. The maximum absolute atomic E-state index is 14.1. The van der Waals surface area contributed by atoms with E-state index in [0.29, 0.717) is 13.1 Å². The summed E-state index contributed by atoms with van der Waals surface area (Å²) in [4.78, 5) is 14.3. The van der Waals surface area contributed by atoms with Gasteiger partial charge in [0.05, 0.1) is 10.9 Å². The summed E-state index contributed by atoms with van der Waals surface area (Å²) in [6, 6.07) is 14.6. The van der Waals surface area contributed by atoms with Crippen molar-refractivity contribution in [3.63, 3.8) is 0 Å². The van der Waals surface area contributed by atoms with E-state index >= 15 is 0 Å². The Morgan fingerprint density at radius 1 is 1.03 bits per heavy atom. The molecule has 1 aromatic heterocycles.